The van der Waals surface area contributed by atoms with Crippen molar-refractivity contribution in [3.05, 3.63) is 78.9 Å². The topological polar surface area (TPSA) is 6.48 Å². The maximum Gasteiger partial charge on any atom is 0.0361 e. The van der Waals surface area contributed by atoms with Crippen LogP contribution in [-0.2, 0) is 0 Å². The smallest absolute Gasteiger partial charge is 0.0361 e. The summed E-state index contributed by atoms with van der Waals surface area (Å²) in [6.45, 7) is 0. The molecular formula is C22H25N2P. The molecule has 25 heavy (non-hydrogen) atoms. The molecule has 0 aromatic heterocycles. The van der Waals surface area contributed by atoms with Crippen LogP contribution in [0, 0.1) is 0 Å². The Bertz CT molecular complexity index is 742. The first-order valence-electron chi connectivity index (χ1n) is 8.46. The highest BCUT2D eigenvalue weighted by atomic mass is 31.1. The quantitative estimate of drug-likeness (QED) is 0.651. The van der Waals surface area contributed by atoms with Gasteiger partial charge in [0.1, 0.15) is 0 Å². The van der Waals surface area contributed by atoms with E-state index < -0.39 is 7.92 Å². The third kappa shape index (κ3) is 4.03. The second kappa shape index (κ2) is 7.72. The van der Waals surface area contributed by atoms with Crippen molar-refractivity contribution in [2.45, 2.75) is 0 Å². The van der Waals surface area contributed by atoms with Gasteiger partial charge in [-0.1, -0.05) is 54.6 Å². The van der Waals surface area contributed by atoms with Gasteiger partial charge in [-0.3, -0.25) is 0 Å². The summed E-state index contributed by atoms with van der Waals surface area (Å²) < 4.78 is 0. The van der Waals surface area contributed by atoms with Crippen LogP contribution in [0.1, 0.15) is 0 Å². The van der Waals surface area contributed by atoms with Crippen LogP contribution in [0.15, 0.2) is 78.9 Å². The molecule has 0 radical (unpaired) electrons. The zero-order valence-corrected chi connectivity index (χ0v) is 16.2. The van der Waals surface area contributed by atoms with E-state index in [1.807, 2.05) is 0 Å². The Kier molecular flexibility index (Phi) is 5.40. The van der Waals surface area contributed by atoms with Gasteiger partial charge in [0.15, 0.2) is 0 Å². The second-order valence-corrected chi connectivity index (χ2v) is 8.71. The van der Waals surface area contributed by atoms with Crippen LogP contribution in [0.5, 0.6) is 0 Å². The Morgan fingerprint density at radius 1 is 0.480 bits per heavy atom. The first-order valence-corrected chi connectivity index (χ1v) is 9.80. The minimum atomic E-state index is -0.546. The molecule has 0 saturated carbocycles. The fourth-order valence-corrected chi connectivity index (χ4v) is 5.08. The zero-order chi connectivity index (χ0) is 17.8. The minimum Gasteiger partial charge on any atom is -0.378 e. The summed E-state index contributed by atoms with van der Waals surface area (Å²) in [5, 5.41) is 4.14. The molecule has 2 nitrogen and oxygen atoms in total. The summed E-state index contributed by atoms with van der Waals surface area (Å²) >= 11 is 0. The van der Waals surface area contributed by atoms with E-state index in [1.165, 1.54) is 27.3 Å². The third-order valence-corrected chi connectivity index (χ3v) is 6.71. The Hall–Kier alpha value is -2.31. The average Bonchev–Trinajstić information content (AvgIpc) is 2.64. The number of rotatable bonds is 5. The van der Waals surface area contributed by atoms with E-state index in [-0.39, 0.29) is 0 Å². The molecule has 0 atom stereocenters. The summed E-state index contributed by atoms with van der Waals surface area (Å²) in [6, 6.07) is 28.8. The fourth-order valence-electron chi connectivity index (χ4n) is 2.82. The summed E-state index contributed by atoms with van der Waals surface area (Å²) in [5.41, 5.74) is 2.46. The van der Waals surface area contributed by atoms with Crippen molar-refractivity contribution in [1.29, 1.82) is 0 Å². The maximum atomic E-state index is 2.27. The predicted molar refractivity (Wildman–Crippen MR) is 114 cm³/mol. The largest absolute Gasteiger partial charge is 0.378 e. The van der Waals surface area contributed by atoms with Crippen molar-refractivity contribution in [3.63, 3.8) is 0 Å². The van der Waals surface area contributed by atoms with Gasteiger partial charge in [-0.25, -0.2) is 0 Å². The Morgan fingerprint density at radius 3 is 1.20 bits per heavy atom. The van der Waals surface area contributed by atoms with E-state index in [0.717, 1.165) is 0 Å². The molecule has 3 heteroatoms. The highest BCUT2D eigenvalue weighted by Crippen LogP contribution is 2.33. The normalized spacial score (nSPS) is 10.8. The molecule has 0 aliphatic carbocycles. The molecule has 0 bridgehead atoms. The first-order chi connectivity index (χ1) is 12.1. The zero-order valence-electron chi connectivity index (χ0n) is 15.3. The van der Waals surface area contributed by atoms with Crippen molar-refractivity contribution in [2.75, 3.05) is 38.0 Å². The molecular weight excluding hydrogens is 323 g/mol. The van der Waals surface area contributed by atoms with E-state index in [4.69, 9.17) is 0 Å². The van der Waals surface area contributed by atoms with Gasteiger partial charge in [0, 0.05) is 39.6 Å². The van der Waals surface area contributed by atoms with Crippen LogP contribution < -0.4 is 25.7 Å². The molecule has 0 heterocycles. The average molecular weight is 348 g/mol. The maximum absolute atomic E-state index is 2.27. The summed E-state index contributed by atoms with van der Waals surface area (Å²) in [7, 11) is 7.77. The summed E-state index contributed by atoms with van der Waals surface area (Å²) in [5.74, 6) is 0. The molecule has 128 valence electrons. The molecule has 0 saturated heterocycles. The molecule has 3 aromatic carbocycles. The van der Waals surface area contributed by atoms with E-state index in [1.54, 1.807) is 0 Å². The molecule has 0 unspecified atom stereocenters. The van der Waals surface area contributed by atoms with Crippen LogP contribution in [0.3, 0.4) is 0 Å². The van der Waals surface area contributed by atoms with Crippen molar-refractivity contribution in [2.24, 2.45) is 0 Å². The lowest BCUT2D eigenvalue weighted by molar-refractivity contribution is 1.13. The second-order valence-electron chi connectivity index (χ2n) is 6.49. The standard InChI is InChI=1S/C22H25N2P/c1-23(2)18-10-14-21(15-11-18)25(20-8-6-5-7-9-20)22-16-12-19(13-17-22)24(3)4/h5-17H,1-4H3. The van der Waals surface area contributed by atoms with Crippen LogP contribution in [0.4, 0.5) is 11.4 Å². The number of nitrogens with zero attached hydrogens (tertiary/aromatic N) is 2. The molecule has 3 aromatic rings. The fraction of sp³-hybridized carbons (Fsp3) is 0.182. The van der Waals surface area contributed by atoms with Crippen molar-refractivity contribution < 1.29 is 0 Å². The van der Waals surface area contributed by atoms with E-state index in [0.29, 0.717) is 0 Å². The summed E-state index contributed by atoms with van der Waals surface area (Å²) in [4.78, 5) is 4.28. The van der Waals surface area contributed by atoms with Gasteiger partial charge in [0.05, 0.1) is 0 Å². The van der Waals surface area contributed by atoms with Crippen molar-refractivity contribution in [1.82, 2.24) is 0 Å². The van der Waals surface area contributed by atoms with E-state index in [2.05, 4.69) is 117 Å². The van der Waals surface area contributed by atoms with E-state index in [9.17, 15) is 0 Å². The van der Waals surface area contributed by atoms with Crippen LogP contribution >= 0.6 is 7.92 Å². The van der Waals surface area contributed by atoms with Gasteiger partial charge < -0.3 is 9.80 Å². The van der Waals surface area contributed by atoms with Crippen molar-refractivity contribution in [3.8, 4) is 0 Å². The van der Waals surface area contributed by atoms with Crippen LogP contribution in [0.25, 0.3) is 0 Å². The van der Waals surface area contributed by atoms with Gasteiger partial charge in [-0.2, -0.15) is 0 Å². The molecule has 0 amide bonds. The molecule has 0 aliphatic rings. The Labute approximate surface area is 152 Å². The number of anilines is 2. The predicted octanol–water partition coefficient (Wildman–Crippen LogP) is 3.58. The Morgan fingerprint density at radius 2 is 0.840 bits per heavy atom. The summed E-state index contributed by atoms with van der Waals surface area (Å²) in [6.07, 6.45) is 0. The van der Waals surface area contributed by atoms with Crippen LogP contribution in [0.2, 0.25) is 0 Å². The SMILES string of the molecule is CN(C)c1ccc(P(c2ccccc2)c2ccc(N(C)C)cc2)cc1. The lowest BCUT2D eigenvalue weighted by atomic mass is 10.3. The number of benzene rings is 3. The number of hydrogen-bond donors (Lipinski definition) is 0. The molecule has 0 fully saturated rings. The van der Waals surface area contributed by atoms with Gasteiger partial charge >= 0.3 is 0 Å². The van der Waals surface area contributed by atoms with Gasteiger partial charge in [0.25, 0.3) is 0 Å². The highest BCUT2D eigenvalue weighted by molar-refractivity contribution is 7.79. The molecule has 3 rings (SSSR count). The Balaban J connectivity index is 2.04. The number of hydrogen-bond acceptors (Lipinski definition) is 2. The third-order valence-electron chi connectivity index (χ3n) is 4.26. The van der Waals surface area contributed by atoms with Gasteiger partial charge in [0.2, 0.25) is 0 Å². The van der Waals surface area contributed by atoms with E-state index >= 15 is 0 Å². The van der Waals surface area contributed by atoms with Gasteiger partial charge in [-0.05, 0) is 48.1 Å². The monoisotopic (exact) mass is 348 g/mol. The highest BCUT2D eigenvalue weighted by Gasteiger charge is 2.16. The molecule has 0 spiro atoms. The lowest BCUT2D eigenvalue weighted by Crippen LogP contribution is -2.21. The molecule has 0 N–H and O–H groups in total. The lowest BCUT2D eigenvalue weighted by Gasteiger charge is -2.21. The minimum absolute atomic E-state index is 0.546. The van der Waals surface area contributed by atoms with Crippen molar-refractivity contribution >= 4 is 35.2 Å². The first kappa shape index (κ1) is 17.5. The van der Waals surface area contributed by atoms with Crippen LogP contribution in [-0.4, -0.2) is 28.2 Å². The molecule has 0 aliphatic heterocycles. The van der Waals surface area contributed by atoms with Gasteiger partial charge in [-0.15, -0.1) is 0 Å².